The quantitative estimate of drug-likeness (QED) is 0.0428. The molecule has 0 saturated heterocycles. The Hall–Kier alpha value is -5.60. The van der Waals surface area contributed by atoms with Gasteiger partial charge in [-0.15, -0.1) is 20.4 Å². The third-order valence-corrected chi connectivity index (χ3v) is 11.0. The van der Waals surface area contributed by atoms with Crippen molar-refractivity contribution >= 4 is 23.2 Å². The summed E-state index contributed by atoms with van der Waals surface area (Å²) in [5.74, 6) is -0.0624. The highest BCUT2D eigenvalue weighted by Crippen LogP contribution is 2.27. The highest BCUT2D eigenvalue weighted by atomic mass is 16.5. The summed E-state index contributed by atoms with van der Waals surface area (Å²) >= 11 is 0. The van der Waals surface area contributed by atoms with Crippen molar-refractivity contribution in [2.75, 3.05) is 23.8 Å². The molecule has 338 valence electrons. The zero-order chi connectivity index (χ0) is 44.6. The van der Waals surface area contributed by atoms with E-state index in [0.717, 1.165) is 0 Å². The number of carbonyl (C=O) groups excluding carboxylic acids is 2. The highest BCUT2D eigenvalue weighted by Gasteiger charge is 2.42. The third-order valence-electron chi connectivity index (χ3n) is 11.0. The lowest BCUT2D eigenvalue weighted by molar-refractivity contribution is -0.127. The van der Waals surface area contributed by atoms with E-state index < -0.39 is 60.8 Å². The highest BCUT2D eigenvalue weighted by molar-refractivity contribution is 5.91. The average Bonchev–Trinajstić information content (AvgIpc) is 4.04. The van der Waals surface area contributed by atoms with E-state index in [1.54, 1.807) is 60.9 Å². The van der Waals surface area contributed by atoms with E-state index in [1.165, 1.54) is 9.36 Å². The van der Waals surface area contributed by atoms with Crippen LogP contribution in [0.15, 0.2) is 65.3 Å². The Morgan fingerprint density at radius 1 is 0.603 bits per heavy atom. The summed E-state index contributed by atoms with van der Waals surface area (Å²) in [5.41, 5.74) is 27.4. The van der Waals surface area contributed by atoms with Crippen molar-refractivity contribution in [3.63, 3.8) is 0 Å². The SMILES string of the molecule is N[C@@H]1C[C@H](N)[C@@H](OCCCc2cn(CC(=O)Nc3ccc(-c4nnc(-c5ccc(NC(=O)Cn6cc(CCCO[C@H]7[C@H](O)[C@@H](O)[C@H](N)C[C@@H]7N)nn6)cc5)o4)cc3)nn2)[C@H](O)[C@H]1O. The number of nitrogens with two attached hydrogens (primary N) is 4. The van der Waals surface area contributed by atoms with Gasteiger partial charge >= 0.3 is 0 Å². The Kier molecular flexibility index (Phi) is 14.9. The normalized spacial score (nSPS) is 26.1. The van der Waals surface area contributed by atoms with Crippen molar-refractivity contribution in [2.45, 2.75) is 112 Å². The standard InChI is InChI=1S/C40H54N14O9/c41-27-15-29(43)37(35(59)33(27)57)61-13-1-3-25-17-53(51-47-25)19-31(55)45-23-9-5-21(6-10-23)39-49-50-40(63-39)22-7-11-24(12-8-22)46-32(56)20-54-18-26(48-52-54)4-2-14-62-38-30(44)16-28(42)34(58)36(38)60/h5-12,17-18,27-30,33-38,57-60H,1-4,13-16,19-20,41-44H2,(H,45,55)(H,46,56)/t27-,28-,29+,30+,33+,34+,35-,36-,37-,38-/m1/s1. The molecule has 2 saturated carbocycles. The molecule has 2 fully saturated rings. The molecule has 0 radical (unpaired) electrons. The van der Waals surface area contributed by atoms with Gasteiger partial charge in [0.1, 0.15) is 37.5 Å². The molecule has 2 aliphatic carbocycles. The number of rotatable bonds is 18. The molecule has 2 aromatic carbocycles. The monoisotopic (exact) mass is 874 g/mol. The molecule has 0 spiro atoms. The van der Waals surface area contributed by atoms with Crippen LogP contribution in [-0.4, -0.2) is 146 Å². The number of nitrogens with one attached hydrogen (secondary N) is 2. The average molecular weight is 875 g/mol. The van der Waals surface area contributed by atoms with Crippen LogP contribution in [0.4, 0.5) is 11.4 Å². The second-order valence-corrected chi connectivity index (χ2v) is 15.9. The Morgan fingerprint density at radius 2 is 1.00 bits per heavy atom. The molecule has 23 nitrogen and oxygen atoms in total. The summed E-state index contributed by atoms with van der Waals surface area (Å²) < 4.78 is 20.3. The Bertz CT molecular complexity index is 2100. The molecule has 3 heterocycles. The maximum atomic E-state index is 12.8. The Balaban J connectivity index is 0.806. The smallest absolute Gasteiger partial charge is 0.248 e. The fourth-order valence-electron chi connectivity index (χ4n) is 7.57. The van der Waals surface area contributed by atoms with Gasteiger partial charge in [-0.3, -0.25) is 9.59 Å². The zero-order valence-electron chi connectivity index (χ0n) is 34.3. The van der Waals surface area contributed by atoms with Crippen molar-refractivity contribution < 1.29 is 43.9 Å². The molecular weight excluding hydrogens is 821 g/mol. The van der Waals surface area contributed by atoms with E-state index in [-0.39, 0.29) is 49.9 Å². The number of anilines is 2. The Morgan fingerprint density at radius 3 is 1.40 bits per heavy atom. The molecule has 0 bridgehead atoms. The molecule has 3 aromatic heterocycles. The summed E-state index contributed by atoms with van der Waals surface area (Å²) in [7, 11) is 0. The molecule has 0 aliphatic heterocycles. The van der Waals surface area contributed by atoms with E-state index in [9.17, 15) is 30.0 Å². The second-order valence-electron chi connectivity index (χ2n) is 15.9. The fraction of sp³-hybridized carbons (Fsp3) is 0.500. The second kappa shape index (κ2) is 20.7. The number of hydrogen-bond acceptors (Lipinski definition) is 19. The minimum Gasteiger partial charge on any atom is -0.416 e. The number of hydrogen-bond donors (Lipinski definition) is 10. The zero-order valence-corrected chi connectivity index (χ0v) is 34.3. The van der Waals surface area contributed by atoms with Crippen LogP contribution >= 0.6 is 0 Å². The first-order valence-corrected chi connectivity index (χ1v) is 20.7. The molecule has 7 rings (SSSR count). The summed E-state index contributed by atoms with van der Waals surface area (Å²) in [6, 6.07) is 11.7. The first-order chi connectivity index (χ1) is 30.3. The van der Waals surface area contributed by atoms with Gasteiger partial charge < -0.3 is 67.9 Å². The van der Waals surface area contributed by atoms with Gasteiger partial charge in [0.25, 0.3) is 0 Å². The number of aryl methyl sites for hydroxylation is 2. The first kappa shape index (κ1) is 45.4. The predicted molar refractivity (Wildman–Crippen MR) is 224 cm³/mol. The van der Waals surface area contributed by atoms with Crippen LogP contribution < -0.4 is 33.6 Å². The lowest BCUT2D eigenvalue weighted by Crippen LogP contribution is -2.62. The minimum atomic E-state index is -1.15. The van der Waals surface area contributed by atoms with Crippen LogP contribution in [-0.2, 0) is 45.0 Å². The largest absolute Gasteiger partial charge is 0.416 e. The van der Waals surface area contributed by atoms with Gasteiger partial charge in [-0.2, -0.15) is 0 Å². The van der Waals surface area contributed by atoms with Crippen LogP contribution in [0.25, 0.3) is 22.9 Å². The van der Waals surface area contributed by atoms with Crippen LogP contribution in [0.2, 0.25) is 0 Å². The van der Waals surface area contributed by atoms with Gasteiger partial charge in [-0.05, 0) is 87.1 Å². The van der Waals surface area contributed by atoms with Crippen molar-refractivity contribution in [3.05, 3.63) is 72.3 Å². The lowest BCUT2D eigenvalue weighted by Gasteiger charge is -2.39. The van der Waals surface area contributed by atoms with Gasteiger partial charge in [0.05, 0.1) is 23.6 Å². The topological polar surface area (TPSA) is 362 Å². The van der Waals surface area contributed by atoms with Crippen molar-refractivity contribution in [1.82, 2.24) is 40.2 Å². The molecule has 14 N–H and O–H groups in total. The fourth-order valence-corrected chi connectivity index (χ4v) is 7.57. The van der Waals surface area contributed by atoms with E-state index in [1.807, 2.05) is 0 Å². The number of aliphatic hydroxyl groups is 4. The molecular formula is C40H54N14O9. The number of nitrogens with zero attached hydrogens (tertiary/aromatic N) is 8. The predicted octanol–water partition coefficient (Wildman–Crippen LogP) is -1.94. The molecule has 23 heteroatoms. The number of benzene rings is 2. The van der Waals surface area contributed by atoms with Crippen molar-refractivity contribution in [1.29, 1.82) is 0 Å². The van der Waals surface area contributed by atoms with E-state index >= 15 is 0 Å². The number of ether oxygens (including phenoxy) is 2. The van der Waals surface area contributed by atoms with Crippen LogP contribution in [0, 0.1) is 0 Å². The van der Waals surface area contributed by atoms with E-state index in [4.69, 9.17) is 36.8 Å². The van der Waals surface area contributed by atoms with Gasteiger partial charge in [0.2, 0.25) is 23.6 Å². The summed E-state index contributed by atoms with van der Waals surface area (Å²) in [6.07, 6.45) is 0.309. The van der Waals surface area contributed by atoms with Gasteiger partial charge in [0, 0.05) is 72.3 Å². The molecule has 0 unspecified atom stereocenters. The molecule has 5 aromatic rings. The van der Waals surface area contributed by atoms with Gasteiger partial charge in [0.15, 0.2) is 0 Å². The van der Waals surface area contributed by atoms with Crippen LogP contribution in [0.3, 0.4) is 0 Å². The summed E-state index contributed by atoms with van der Waals surface area (Å²) in [5, 5.41) is 70.9. The molecule has 2 amide bonds. The maximum absolute atomic E-state index is 12.8. The lowest BCUT2D eigenvalue weighted by atomic mass is 9.85. The van der Waals surface area contributed by atoms with Crippen LogP contribution in [0.1, 0.15) is 37.1 Å². The minimum absolute atomic E-state index is 0.0576. The number of carbonyl (C=O) groups is 2. The van der Waals surface area contributed by atoms with Gasteiger partial charge in [-0.25, -0.2) is 9.36 Å². The maximum Gasteiger partial charge on any atom is 0.248 e. The Labute approximate surface area is 361 Å². The van der Waals surface area contributed by atoms with E-state index in [0.29, 0.717) is 72.4 Å². The third kappa shape index (κ3) is 11.7. The van der Waals surface area contributed by atoms with Crippen molar-refractivity contribution in [3.8, 4) is 22.9 Å². The first-order valence-electron chi connectivity index (χ1n) is 20.7. The van der Waals surface area contributed by atoms with Crippen molar-refractivity contribution in [2.24, 2.45) is 22.9 Å². The number of aromatic nitrogens is 8. The molecule has 63 heavy (non-hydrogen) atoms. The number of aliphatic hydroxyl groups excluding tert-OH is 4. The van der Waals surface area contributed by atoms with Gasteiger partial charge in [-0.1, -0.05) is 10.4 Å². The summed E-state index contributed by atoms with van der Waals surface area (Å²) in [4.78, 5) is 25.5. The molecule has 2 aliphatic rings. The summed E-state index contributed by atoms with van der Waals surface area (Å²) in [6.45, 7) is 0.454. The molecule has 10 atom stereocenters. The van der Waals surface area contributed by atoms with E-state index in [2.05, 4.69) is 41.5 Å². The van der Waals surface area contributed by atoms with Crippen LogP contribution in [0.5, 0.6) is 0 Å². The number of amides is 2.